The van der Waals surface area contributed by atoms with Crippen molar-refractivity contribution in [3.63, 3.8) is 0 Å². The molecule has 368 valence electrons. The highest BCUT2D eigenvalue weighted by Crippen LogP contribution is 2.35. The number of carbonyl (C=O) groups is 1. The number of amides is 1. The van der Waals surface area contributed by atoms with Crippen LogP contribution < -0.4 is 27.4 Å². The lowest BCUT2D eigenvalue weighted by molar-refractivity contribution is -0.385. The van der Waals surface area contributed by atoms with Gasteiger partial charge in [0, 0.05) is 105 Å². The summed E-state index contributed by atoms with van der Waals surface area (Å²) in [7, 11) is 8.30. The second-order valence-corrected chi connectivity index (χ2v) is 13.5. The van der Waals surface area contributed by atoms with E-state index in [4.69, 9.17) is 34.8 Å². The third-order valence-corrected chi connectivity index (χ3v) is 8.52. The van der Waals surface area contributed by atoms with E-state index in [1.165, 1.54) is 37.6 Å². The van der Waals surface area contributed by atoms with E-state index in [9.17, 15) is 25.0 Å². The Bertz CT molecular complexity index is 2910. The van der Waals surface area contributed by atoms with Gasteiger partial charge in [0.2, 0.25) is 5.91 Å². The number of aryl methyl sites for hydroxylation is 4. The van der Waals surface area contributed by atoms with Crippen LogP contribution in [0.2, 0.25) is 5.02 Å². The quantitative estimate of drug-likeness (QED) is 0.0438. The minimum absolute atomic E-state index is 0.0401. The molecule has 0 bridgehead atoms. The number of carbonyl (C=O) groups excluding carboxylic acids is 1. The fourth-order valence-corrected chi connectivity index (χ4v) is 5.50. The van der Waals surface area contributed by atoms with Gasteiger partial charge < -0.3 is 32.5 Å². The standard InChI is InChI=1S/C11H10N4O.C9H9N5O2.C9H11N5.C5H3ClN2O2.C4H7N3.C2H3N.CH3I.CH4O/c1-15-5-3-8(14-15)10-7-2-4-12-6-9(7)13-11(10)16;1-13-5-3-9(12-13)11-7-2-4-10-6-8(7)14(15)16;1-14-5-3-9(13-14)12-8-2-4-11-6-7(8)10;6-4-1-2-7-3-5(4)8(9)10;1-7-3-2-4(5)6-7;1-2-3;2*1-2/h2-6,10H,1H3,(H,13,16);2-6H,1H3,(H,10,11,12);2-6H,10H2,1H3,(H,11,12,13);1-3H;2-3H,1H3,(H2,5,6);1H3;1H3;2H,1H3/i;;;;;;1D;. The van der Waals surface area contributed by atoms with E-state index in [0.717, 1.165) is 41.8 Å². The molecule has 0 saturated carbocycles. The average molecular weight is 1090 g/mol. The molecule has 9 rings (SSSR count). The first kappa shape index (κ1) is 55.7. The highest BCUT2D eigenvalue weighted by atomic mass is 127. The molecule has 9 heterocycles. The number of hydrogen-bond acceptors (Lipinski definition) is 19. The number of nitriles is 1. The second kappa shape index (κ2) is 30.6. The maximum absolute atomic E-state index is 11.9. The van der Waals surface area contributed by atoms with Crippen LogP contribution in [0.25, 0.3) is 0 Å². The highest BCUT2D eigenvalue weighted by molar-refractivity contribution is 14.1. The number of rotatable bonds is 7. The van der Waals surface area contributed by atoms with Crippen molar-refractivity contribution in [2.45, 2.75) is 12.8 Å². The normalized spacial score (nSPS) is 11.2. The summed E-state index contributed by atoms with van der Waals surface area (Å²) in [6.45, 7) is 1.43. The first-order valence-electron chi connectivity index (χ1n) is 20.4. The van der Waals surface area contributed by atoms with Gasteiger partial charge in [0.25, 0.3) is 0 Å². The Morgan fingerprint density at radius 3 is 1.64 bits per heavy atom. The molecular weight excluding hydrogens is 1040 g/mol. The van der Waals surface area contributed by atoms with Crippen LogP contribution in [0.4, 0.5) is 51.6 Å². The summed E-state index contributed by atoms with van der Waals surface area (Å²) in [6.07, 6.45) is 19.1. The van der Waals surface area contributed by atoms with Crippen molar-refractivity contribution in [1.82, 2.24) is 59.1 Å². The zero-order chi connectivity index (χ0) is 52.9. The van der Waals surface area contributed by atoms with Gasteiger partial charge in [0.05, 0.1) is 51.1 Å². The molecular formula is C42H50ClIN20O6. The number of anilines is 7. The highest BCUT2D eigenvalue weighted by Gasteiger charge is 2.33. The van der Waals surface area contributed by atoms with Crippen LogP contribution in [-0.2, 0) is 33.0 Å². The number of alkyl halides is 1. The van der Waals surface area contributed by atoms with Gasteiger partial charge in [-0.2, -0.15) is 25.7 Å². The van der Waals surface area contributed by atoms with Crippen LogP contribution in [0.3, 0.4) is 0 Å². The molecule has 0 spiro atoms. The monoisotopic (exact) mass is 1090 g/mol. The largest absolute Gasteiger partial charge is 0.400 e. The van der Waals surface area contributed by atoms with E-state index >= 15 is 0 Å². The number of pyridine rings is 4. The number of aliphatic hydroxyl groups excluding tert-OH is 1. The molecule has 0 fully saturated rings. The number of aliphatic hydroxyl groups is 1. The number of nitro groups is 2. The summed E-state index contributed by atoms with van der Waals surface area (Å²) in [5.74, 6) is 1.55. The maximum atomic E-state index is 11.9. The molecule has 70 heavy (non-hydrogen) atoms. The maximum Gasteiger partial charge on any atom is 0.310 e. The number of halogens is 2. The summed E-state index contributed by atoms with van der Waals surface area (Å²) in [5.41, 5.74) is 15.0. The van der Waals surface area contributed by atoms with Crippen molar-refractivity contribution < 1.29 is 21.1 Å². The number of nitrogens with two attached hydrogens (primary N) is 2. The first-order chi connectivity index (χ1) is 34.0. The summed E-state index contributed by atoms with van der Waals surface area (Å²) < 4.78 is 12.9. The SMILES string of the molecule is CC#N.CO.Cn1ccc(C2C(=O)Nc3cnccc32)n1.Cn1ccc(N)n1.Cn1ccc(Nc2ccncc2N)n1.Cn1ccc(Nc2ccncc2[N+](=O)[O-])n1.O=[N+]([O-])c1cnccc1Cl.[2H]CI. The Kier molecular flexibility index (Phi) is 24.4. The molecule has 8 N–H and O–H groups in total. The summed E-state index contributed by atoms with van der Waals surface area (Å²) >= 11 is 7.39. The smallest absolute Gasteiger partial charge is 0.310 e. The van der Waals surface area contributed by atoms with Gasteiger partial charge in [-0.15, -0.1) is 0 Å². The van der Waals surface area contributed by atoms with E-state index in [-0.39, 0.29) is 28.2 Å². The topological polar surface area (TPSA) is 358 Å². The molecule has 0 radical (unpaired) electrons. The van der Waals surface area contributed by atoms with E-state index in [2.05, 4.69) is 56.3 Å². The molecule has 0 aliphatic carbocycles. The molecule has 1 atom stereocenters. The van der Waals surface area contributed by atoms with Crippen molar-refractivity contribution in [1.29, 1.82) is 5.26 Å². The van der Waals surface area contributed by atoms with Gasteiger partial charge >= 0.3 is 11.4 Å². The van der Waals surface area contributed by atoms with Crippen LogP contribution in [0.1, 0.15) is 25.5 Å². The molecule has 28 heteroatoms. The predicted molar refractivity (Wildman–Crippen MR) is 273 cm³/mol. The number of fused-ring (bicyclic) bond motifs is 1. The molecule has 1 aliphatic heterocycles. The third-order valence-electron chi connectivity index (χ3n) is 8.20. The molecule has 1 amide bonds. The summed E-state index contributed by atoms with van der Waals surface area (Å²) in [4.78, 5) is 47.2. The van der Waals surface area contributed by atoms with Crippen LogP contribution in [-0.4, -0.2) is 91.9 Å². The van der Waals surface area contributed by atoms with Crippen molar-refractivity contribution in [2.75, 3.05) is 39.4 Å². The Morgan fingerprint density at radius 1 is 0.743 bits per heavy atom. The Labute approximate surface area is 421 Å². The van der Waals surface area contributed by atoms with Crippen molar-refractivity contribution in [3.05, 3.63) is 159 Å². The van der Waals surface area contributed by atoms with Gasteiger partial charge in [-0.1, -0.05) is 34.2 Å². The van der Waals surface area contributed by atoms with Gasteiger partial charge in [0.15, 0.2) is 11.6 Å². The van der Waals surface area contributed by atoms with Crippen LogP contribution >= 0.6 is 34.2 Å². The molecule has 1 aliphatic rings. The molecule has 8 aromatic rings. The first-order valence-corrected chi connectivity index (χ1v) is 21.6. The van der Waals surface area contributed by atoms with Crippen molar-refractivity contribution in [2.24, 2.45) is 28.2 Å². The van der Waals surface area contributed by atoms with E-state index in [1.54, 1.807) is 81.2 Å². The molecule has 8 aromatic heterocycles. The molecule has 0 saturated heterocycles. The lowest BCUT2D eigenvalue weighted by Crippen LogP contribution is -2.13. The molecule has 0 aromatic carbocycles. The van der Waals surface area contributed by atoms with E-state index < -0.39 is 9.85 Å². The lowest BCUT2D eigenvalue weighted by atomic mass is 9.99. The summed E-state index contributed by atoms with van der Waals surface area (Å²) in [6, 6.07) is 15.5. The zero-order valence-corrected chi connectivity index (χ0v) is 41.4. The van der Waals surface area contributed by atoms with Crippen molar-refractivity contribution in [3.8, 4) is 6.07 Å². The number of aromatic nitrogens is 12. The Hall–Kier alpha value is -8.62. The predicted octanol–water partition coefficient (Wildman–Crippen LogP) is 6.34. The Morgan fingerprint density at radius 2 is 1.20 bits per heavy atom. The van der Waals surface area contributed by atoms with Gasteiger partial charge in [-0.3, -0.25) is 63.7 Å². The van der Waals surface area contributed by atoms with Gasteiger partial charge in [0.1, 0.15) is 34.8 Å². The number of nitrogen functional groups attached to an aromatic ring is 2. The average Bonchev–Trinajstić information content (AvgIpc) is 4.20. The third kappa shape index (κ3) is 18.9. The van der Waals surface area contributed by atoms with Crippen LogP contribution in [0.5, 0.6) is 0 Å². The van der Waals surface area contributed by atoms with E-state index in [1.807, 2.05) is 80.4 Å². The summed E-state index contributed by atoms with van der Waals surface area (Å²) in [5, 5.41) is 60.3. The minimum atomic E-state index is -0.574. The van der Waals surface area contributed by atoms with Gasteiger partial charge in [-0.25, -0.2) is 0 Å². The number of nitrogens with zero attached hydrogens (tertiary/aromatic N) is 15. The fraction of sp³-hybridized carbons (Fsp3) is 0.190. The molecule has 1 unspecified atom stereocenters. The number of nitrogens with one attached hydrogen (secondary N) is 3. The molecule has 26 nitrogen and oxygen atoms in total. The van der Waals surface area contributed by atoms with Crippen molar-refractivity contribution >= 4 is 91.7 Å². The lowest BCUT2D eigenvalue weighted by Gasteiger charge is -2.04. The van der Waals surface area contributed by atoms with Crippen LogP contribution in [0, 0.1) is 31.6 Å². The number of hydrogen-bond donors (Lipinski definition) is 6. The minimum Gasteiger partial charge on any atom is -0.400 e. The second-order valence-electron chi connectivity index (χ2n) is 13.1. The fourth-order valence-electron chi connectivity index (χ4n) is 5.32. The van der Waals surface area contributed by atoms with E-state index in [0.29, 0.717) is 27.9 Å². The zero-order valence-electron chi connectivity index (χ0n) is 39.4. The van der Waals surface area contributed by atoms with Crippen LogP contribution in [0.15, 0.2) is 123 Å². The van der Waals surface area contributed by atoms with Gasteiger partial charge in [-0.05, 0) is 46.9 Å². The Balaban J connectivity index is 0.000000299.